The zero-order valence-electron chi connectivity index (χ0n) is 12.8. The molecule has 1 rings (SSSR count). The molecule has 5 nitrogen and oxygen atoms in total. The molecule has 0 aliphatic carbocycles. The second-order valence-corrected chi connectivity index (χ2v) is 5.90. The summed E-state index contributed by atoms with van der Waals surface area (Å²) in [5, 5.41) is 9.30. The van der Waals surface area contributed by atoms with E-state index in [1.807, 2.05) is 13.8 Å². The Labute approximate surface area is 129 Å². The lowest BCUT2D eigenvalue weighted by Gasteiger charge is -2.16. The Morgan fingerprint density at radius 2 is 2.05 bits per heavy atom. The van der Waals surface area contributed by atoms with Crippen molar-refractivity contribution >= 4 is 23.7 Å². The average Bonchev–Trinajstić information content (AvgIpc) is 2.37. The Morgan fingerprint density at radius 3 is 2.57 bits per heavy atom. The van der Waals surface area contributed by atoms with Crippen molar-refractivity contribution in [3.63, 3.8) is 0 Å². The highest BCUT2D eigenvalue weighted by Gasteiger charge is 2.25. The van der Waals surface area contributed by atoms with Crippen LogP contribution in [0.1, 0.15) is 48.3 Å². The highest BCUT2D eigenvalue weighted by molar-refractivity contribution is 8.00. The van der Waals surface area contributed by atoms with E-state index in [1.54, 1.807) is 19.9 Å². The number of aromatic carboxylic acids is 1. The van der Waals surface area contributed by atoms with E-state index in [-0.39, 0.29) is 11.5 Å². The average molecular weight is 311 g/mol. The van der Waals surface area contributed by atoms with Crippen molar-refractivity contribution in [2.45, 2.75) is 50.8 Å². The number of rotatable bonds is 7. The summed E-state index contributed by atoms with van der Waals surface area (Å²) in [5.41, 5.74) is 1.55. The normalized spacial score (nSPS) is 12.0. The SMILES string of the molecule is CCCC(Sc1nc(C)cc(C)c1C(=O)O)C(=O)OCC. The van der Waals surface area contributed by atoms with E-state index in [0.29, 0.717) is 23.6 Å². The van der Waals surface area contributed by atoms with Gasteiger partial charge in [-0.3, -0.25) is 4.79 Å². The smallest absolute Gasteiger partial charge is 0.338 e. The van der Waals surface area contributed by atoms with Gasteiger partial charge in [0, 0.05) is 5.69 Å². The Bertz CT molecular complexity index is 531. The number of carboxylic acids is 1. The van der Waals surface area contributed by atoms with E-state index < -0.39 is 11.2 Å². The van der Waals surface area contributed by atoms with Gasteiger partial charge in [-0.2, -0.15) is 0 Å². The number of esters is 1. The molecule has 0 saturated carbocycles. The van der Waals surface area contributed by atoms with E-state index in [2.05, 4.69) is 4.98 Å². The zero-order valence-corrected chi connectivity index (χ0v) is 13.6. The van der Waals surface area contributed by atoms with Crippen LogP contribution >= 0.6 is 11.8 Å². The molecular formula is C15H21NO4S. The molecule has 0 bridgehead atoms. The summed E-state index contributed by atoms with van der Waals surface area (Å²) in [5.74, 6) is -1.34. The minimum absolute atomic E-state index is 0.163. The van der Waals surface area contributed by atoms with Crippen LogP contribution in [0.3, 0.4) is 0 Å². The predicted octanol–water partition coefficient (Wildman–Crippen LogP) is 3.22. The Morgan fingerprint density at radius 1 is 1.38 bits per heavy atom. The summed E-state index contributed by atoms with van der Waals surface area (Å²) in [7, 11) is 0. The maximum Gasteiger partial charge on any atom is 0.338 e. The first-order valence-electron chi connectivity index (χ1n) is 6.95. The van der Waals surface area contributed by atoms with E-state index in [0.717, 1.165) is 12.1 Å². The fraction of sp³-hybridized carbons (Fsp3) is 0.533. The van der Waals surface area contributed by atoms with Crippen molar-refractivity contribution in [2.24, 2.45) is 0 Å². The Balaban J connectivity index is 3.13. The summed E-state index contributed by atoms with van der Waals surface area (Å²) in [6.07, 6.45) is 1.43. The van der Waals surface area contributed by atoms with Crippen LogP contribution in [0.4, 0.5) is 0 Å². The minimum Gasteiger partial charge on any atom is -0.478 e. The third kappa shape index (κ3) is 4.74. The summed E-state index contributed by atoms with van der Waals surface area (Å²) < 4.78 is 5.05. The molecule has 6 heteroatoms. The lowest BCUT2D eigenvalue weighted by atomic mass is 10.1. The lowest BCUT2D eigenvalue weighted by molar-refractivity contribution is -0.142. The van der Waals surface area contributed by atoms with Crippen LogP contribution in [0.5, 0.6) is 0 Å². The summed E-state index contributed by atoms with van der Waals surface area (Å²) in [4.78, 5) is 27.7. The molecule has 0 spiro atoms. The van der Waals surface area contributed by atoms with Gasteiger partial charge in [0.05, 0.1) is 12.2 Å². The van der Waals surface area contributed by atoms with E-state index in [4.69, 9.17) is 4.74 Å². The summed E-state index contributed by atoms with van der Waals surface area (Å²) in [6.45, 7) is 7.58. The molecule has 1 aromatic rings. The first kappa shape index (κ1) is 17.5. The Kier molecular flexibility index (Phi) is 6.68. The largest absolute Gasteiger partial charge is 0.478 e. The fourth-order valence-electron chi connectivity index (χ4n) is 2.00. The Hall–Kier alpha value is -1.56. The van der Waals surface area contributed by atoms with Crippen LogP contribution in [0.2, 0.25) is 0 Å². The molecular weight excluding hydrogens is 290 g/mol. The number of carbonyl (C=O) groups is 2. The van der Waals surface area contributed by atoms with Crippen LogP contribution in [-0.2, 0) is 9.53 Å². The molecule has 0 saturated heterocycles. The predicted molar refractivity (Wildman–Crippen MR) is 81.9 cm³/mol. The van der Waals surface area contributed by atoms with Gasteiger partial charge in [0.1, 0.15) is 10.3 Å². The van der Waals surface area contributed by atoms with Gasteiger partial charge in [-0.25, -0.2) is 9.78 Å². The zero-order chi connectivity index (χ0) is 16.0. The topological polar surface area (TPSA) is 76.5 Å². The maximum absolute atomic E-state index is 12.0. The molecule has 1 heterocycles. The van der Waals surface area contributed by atoms with E-state index in [9.17, 15) is 14.7 Å². The highest BCUT2D eigenvalue weighted by atomic mass is 32.2. The van der Waals surface area contributed by atoms with Gasteiger partial charge in [-0.15, -0.1) is 0 Å². The van der Waals surface area contributed by atoms with Crippen molar-refractivity contribution in [3.05, 3.63) is 22.9 Å². The van der Waals surface area contributed by atoms with Gasteiger partial charge >= 0.3 is 11.9 Å². The van der Waals surface area contributed by atoms with Crippen molar-refractivity contribution in [3.8, 4) is 0 Å². The molecule has 1 unspecified atom stereocenters. The van der Waals surface area contributed by atoms with Crippen LogP contribution in [0.25, 0.3) is 0 Å². The van der Waals surface area contributed by atoms with Crippen molar-refractivity contribution in [2.75, 3.05) is 6.61 Å². The number of aromatic nitrogens is 1. The standard InChI is InChI=1S/C15H21NO4S/c1-5-7-11(15(19)20-6-2)21-13-12(14(17)18)9(3)8-10(4)16-13/h8,11H,5-7H2,1-4H3,(H,17,18). The quantitative estimate of drug-likeness (QED) is 0.615. The number of hydrogen-bond acceptors (Lipinski definition) is 5. The van der Waals surface area contributed by atoms with Gasteiger partial charge in [0.15, 0.2) is 0 Å². The van der Waals surface area contributed by atoms with Crippen LogP contribution < -0.4 is 0 Å². The molecule has 0 aliphatic heterocycles. The summed E-state index contributed by atoms with van der Waals surface area (Å²) >= 11 is 1.18. The van der Waals surface area contributed by atoms with Crippen molar-refractivity contribution in [1.29, 1.82) is 0 Å². The fourth-order valence-corrected chi connectivity index (χ4v) is 3.36. The van der Waals surface area contributed by atoms with Gasteiger partial charge in [0.2, 0.25) is 0 Å². The number of aryl methyl sites for hydroxylation is 2. The number of pyridine rings is 1. The number of hydrogen-bond donors (Lipinski definition) is 1. The van der Waals surface area contributed by atoms with Crippen LogP contribution in [0.15, 0.2) is 11.1 Å². The number of ether oxygens (including phenoxy) is 1. The van der Waals surface area contributed by atoms with Crippen LogP contribution in [0, 0.1) is 13.8 Å². The lowest BCUT2D eigenvalue weighted by Crippen LogP contribution is -2.21. The molecule has 116 valence electrons. The van der Waals surface area contributed by atoms with Crippen molar-refractivity contribution in [1.82, 2.24) is 4.98 Å². The van der Waals surface area contributed by atoms with Gasteiger partial charge in [-0.1, -0.05) is 25.1 Å². The van der Waals surface area contributed by atoms with Gasteiger partial charge in [-0.05, 0) is 38.8 Å². The second-order valence-electron chi connectivity index (χ2n) is 4.71. The first-order chi connectivity index (χ1) is 9.90. The number of carboxylic acid groups (broad SMARTS) is 1. The van der Waals surface area contributed by atoms with E-state index in [1.165, 1.54) is 11.8 Å². The van der Waals surface area contributed by atoms with Gasteiger partial charge in [0.25, 0.3) is 0 Å². The molecule has 0 fully saturated rings. The van der Waals surface area contributed by atoms with Crippen molar-refractivity contribution < 1.29 is 19.4 Å². The van der Waals surface area contributed by atoms with E-state index >= 15 is 0 Å². The molecule has 0 radical (unpaired) electrons. The third-order valence-electron chi connectivity index (χ3n) is 2.88. The molecule has 0 aliphatic rings. The molecule has 1 aromatic heterocycles. The molecule has 0 aromatic carbocycles. The monoisotopic (exact) mass is 311 g/mol. The number of thioether (sulfide) groups is 1. The van der Waals surface area contributed by atoms with Crippen LogP contribution in [-0.4, -0.2) is 33.9 Å². The summed E-state index contributed by atoms with van der Waals surface area (Å²) in [6, 6.07) is 1.73. The molecule has 1 N–H and O–H groups in total. The second kappa shape index (κ2) is 8.02. The van der Waals surface area contributed by atoms with Gasteiger partial charge < -0.3 is 9.84 Å². The first-order valence-corrected chi connectivity index (χ1v) is 7.83. The highest BCUT2D eigenvalue weighted by Crippen LogP contribution is 2.30. The minimum atomic E-state index is -1.03. The molecule has 21 heavy (non-hydrogen) atoms. The molecule has 0 amide bonds. The molecule has 1 atom stereocenters. The number of nitrogens with zero attached hydrogens (tertiary/aromatic N) is 1. The number of carbonyl (C=O) groups excluding carboxylic acids is 1. The third-order valence-corrected chi connectivity index (χ3v) is 4.11. The maximum atomic E-state index is 12.0.